The number of nitrogens with zero attached hydrogens (tertiary/aromatic N) is 5. The molecule has 0 N–H and O–H groups in total. The predicted molar refractivity (Wildman–Crippen MR) is 60.0 cm³/mol. The van der Waals surface area contributed by atoms with Gasteiger partial charge < -0.3 is 4.74 Å². The molecule has 2 aromatic rings. The first-order chi connectivity index (χ1) is 8.79. The summed E-state index contributed by atoms with van der Waals surface area (Å²) < 4.78 is 6.28. The molecule has 0 saturated carbocycles. The van der Waals surface area contributed by atoms with Crippen LogP contribution in [0.3, 0.4) is 0 Å². The van der Waals surface area contributed by atoms with E-state index in [4.69, 9.17) is 4.74 Å². The maximum Gasteiger partial charge on any atom is 0.313 e. The summed E-state index contributed by atoms with van der Waals surface area (Å²) in [7, 11) is 1.41. The Balaban J connectivity index is 1.97. The van der Waals surface area contributed by atoms with Crippen molar-refractivity contribution in [3.8, 4) is 5.82 Å². The molecule has 0 amide bonds. The Kier molecular flexibility index (Phi) is 2.51. The highest BCUT2D eigenvalue weighted by Gasteiger charge is 2.30. The van der Waals surface area contributed by atoms with E-state index in [0.717, 1.165) is 24.0 Å². The number of rotatable bonds is 2. The van der Waals surface area contributed by atoms with E-state index < -0.39 is 0 Å². The van der Waals surface area contributed by atoms with Crippen LogP contribution in [0.1, 0.15) is 23.5 Å². The molecule has 0 saturated heterocycles. The van der Waals surface area contributed by atoms with Crippen LogP contribution in [-0.2, 0) is 16.0 Å². The molecule has 1 aliphatic carbocycles. The Morgan fingerprint density at radius 3 is 3.17 bits per heavy atom. The fraction of sp³-hybridized carbons (Fsp3) is 0.364. The Hall–Kier alpha value is -2.31. The number of hydrogen-bond acceptors (Lipinski definition) is 6. The van der Waals surface area contributed by atoms with Gasteiger partial charge in [-0.25, -0.2) is 4.98 Å². The molecule has 18 heavy (non-hydrogen) atoms. The Morgan fingerprint density at radius 2 is 2.44 bits per heavy atom. The summed E-state index contributed by atoms with van der Waals surface area (Å²) in [6.07, 6.45) is 4.80. The average molecular weight is 245 g/mol. The van der Waals surface area contributed by atoms with Crippen LogP contribution in [0.4, 0.5) is 0 Å². The van der Waals surface area contributed by atoms with Crippen molar-refractivity contribution in [2.24, 2.45) is 0 Å². The van der Waals surface area contributed by atoms with Crippen LogP contribution in [0, 0.1) is 0 Å². The number of esters is 1. The molecule has 0 radical (unpaired) electrons. The standard InChI is InChI=1S/C11H11N5O2/c1-18-11(17)8-3-2-7-4-10(12-5-9(7)8)16-6-13-14-15-16/h4-6,8H,2-3H2,1H3/t8-/m1/s1. The maximum atomic E-state index is 11.6. The first-order valence-electron chi connectivity index (χ1n) is 5.59. The molecule has 7 nitrogen and oxygen atoms in total. The summed E-state index contributed by atoms with van der Waals surface area (Å²) in [5.41, 5.74) is 2.05. The van der Waals surface area contributed by atoms with Crippen molar-refractivity contribution in [3.05, 3.63) is 29.7 Å². The zero-order valence-corrected chi connectivity index (χ0v) is 9.78. The normalized spacial score (nSPS) is 17.5. The van der Waals surface area contributed by atoms with Gasteiger partial charge in [-0.3, -0.25) is 4.79 Å². The highest BCUT2D eigenvalue weighted by molar-refractivity contribution is 5.79. The smallest absolute Gasteiger partial charge is 0.313 e. The van der Waals surface area contributed by atoms with Gasteiger partial charge in [0.05, 0.1) is 13.0 Å². The molecule has 1 atom stereocenters. The topological polar surface area (TPSA) is 82.8 Å². The number of hydrogen-bond donors (Lipinski definition) is 0. The number of aryl methyl sites for hydroxylation is 1. The van der Waals surface area contributed by atoms with Gasteiger partial charge in [-0.1, -0.05) is 0 Å². The highest BCUT2D eigenvalue weighted by Crippen LogP contribution is 2.33. The van der Waals surface area contributed by atoms with Crippen molar-refractivity contribution in [1.29, 1.82) is 0 Å². The van der Waals surface area contributed by atoms with Crippen molar-refractivity contribution < 1.29 is 9.53 Å². The maximum absolute atomic E-state index is 11.6. The van der Waals surface area contributed by atoms with Crippen molar-refractivity contribution >= 4 is 5.97 Å². The van der Waals surface area contributed by atoms with Crippen molar-refractivity contribution in [3.63, 3.8) is 0 Å². The number of carbonyl (C=O) groups excluding carboxylic acids is 1. The van der Waals surface area contributed by atoms with E-state index in [1.165, 1.54) is 18.1 Å². The van der Waals surface area contributed by atoms with Gasteiger partial charge in [0.15, 0.2) is 5.82 Å². The van der Waals surface area contributed by atoms with Gasteiger partial charge in [0.1, 0.15) is 6.33 Å². The molecule has 0 unspecified atom stereocenters. The van der Waals surface area contributed by atoms with E-state index in [0.29, 0.717) is 5.82 Å². The molecule has 0 aliphatic heterocycles. The minimum atomic E-state index is -0.203. The molecule has 2 aromatic heterocycles. The first kappa shape index (κ1) is 10.8. The van der Waals surface area contributed by atoms with E-state index in [1.54, 1.807) is 6.20 Å². The van der Waals surface area contributed by atoms with Crippen molar-refractivity contribution in [2.75, 3.05) is 7.11 Å². The molecule has 0 bridgehead atoms. The number of aromatic nitrogens is 5. The van der Waals surface area contributed by atoms with E-state index in [1.807, 2.05) is 6.07 Å². The molecule has 0 fully saturated rings. The number of carbonyl (C=O) groups is 1. The molecule has 7 heteroatoms. The molecule has 2 heterocycles. The van der Waals surface area contributed by atoms with Gasteiger partial charge >= 0.3 is 5.97 Å². The molecule has 92 valence electrons. The number of tetrazole rings is 1. The van der Waals surface area contributed by atoms with Gasteiger partial charge in [0.25, 0.3) is 0 Å². The van der Waals surface area contributed by atoms with Crippen molar-refractivity contribution in [1.82, 2.24) is 25.2 Å². The summed E-state index contributed by atoms with van der Waals surface area (Å²) in [4.78, 5) is 15.9. The molecule has 3 rings (SSSR count). The van der Waals surface area contributed by atoms with Crippen LogP contribution in [0.15, 0.2) is 18.6 Å². The summed E-state index contributed by atoms with van der Waals surface area (Å²) in [5.74, 6) is 0.260. The second kappa shape index (κ2) is 4.17. The van der Waals surface area contributed by atoms with Gasteiger partial charge in [-0.2, -0.15) is 4.68 Å². The second-order valence-electron chi connectivity index (χ2n) is 4.11. The summed E-state index contributed by atoms with van der Waals surface area (Å²) >= 11 is 0. The van der Waals surface area contributed by atoms with Crippen LogP contribution in [0.5, 0.6) is 0 Å². The van der Waals surface area contributed by atoms with Crippen LogP contribution in [-0.4, -0.2) is 38.3 Å². The van der Waals surface area contributed by atoms with Gasteiger partial charge in [0.2, 0.25) is 0 Å². The fourth-order valence-corrected chi connectivity index (χ4v) is 2.26. The molecule has 0 spiro atoms. The van der Waals surface area contributed by atoms with Crippen LogP contribution < -0.4 is 0 Å². The Bertz CT molecular complexity index is 581. The Labute approximate surface area is 103 Å². The number of pyridine rings is 1. The largest absolute Gasteiger partial charge is 0.469 e. The molecule has 1 aliphatic rings. The van der Waals surface area contributed by atoms with Gasteiger partial charge in [-0.15, -0.1) is 5.10 Å². The Morgan fingerprint density at radius 1 is 1.56 bits per heavy atom. The third-order valence-electron chi connectivity index (χ3n) is 3.16. The minimum absolute atomic E-state index is 0.194. The zero-order valence-electron chi connectivity index (χ0n) is 9.78. The molecular formula is C11H11N5O2. The quantitative estimate of drug-likeness (QED) is 0.706. The lowest BCUT2D eigenvalue weighted by Crippen LogP contribution is -2.11. The van der Waals surface area contributed by atoms with Crippen LogP contribution in [0.2, 0.25) is 0 Å². The van der Waals surface area contributed by atoms with Crippen LogP contribution in [0.25, 0.3) is 5.82 Å². The lowest BCUT2D eigenvalue weighted by molar-refractivity contribution is -0.142. The highest BCUT2D eigenvalue weighted by atomic mass is 16.5. The van der Waals surface area contributed by atoms with Crippen LogP contribution >= 0.6 is 0 Å². The lowest BCUT2D eigenvalue weighted by Gasteiger charge is -2.08. The minimum Gasteiger partial charge on any atom is -0.469 e. The molecule has 0 aromatic carbocycles. The van der Waals surface area contributed by atoms with Crippen molar-refractivity contribution in [2.45, 2.75) is 18.8 Å². The number of ether oxygens (including phenoxy) is 1. The average Bonchev–Trinajstić information content (AvgIpc) is 3.06. The van der Waals surface area contributed by atoms with E-state index in [9.17, 15) is 4.79 Å². The lowest BCUT2D eigenvalue weighted by atomic mass is 10.0. The SMILES string of the molecule is COC(=O)[C@@H]1CCc2cc(-n3cnnn3)ncc21. The van der Waals surface area contributed by atoms with Gasteiger partial charge in [0, 0.05) is 6.20 Å². The third kappa shape index (κ3) is 1.64. The number of methoxy groups -OCH3 is 1. The predicted octanol–water partition coefficient (Wildman–Crippen LogP) is 0.260. The number of fused-ring (bicyclic) bond motifs is 1. The summed E-state index contributed by atoms with van der Waals surface area (Å²) in [6, 6.07) is 1.91. The monoisotopic (exact) mass is 245 g/mol. The molecular weight excluding hydrogens is 234 g/mol. The van der Waals surface area contributed by atoms with Gasteiger partial charge in [-0.05, 0) is 40.5 Å². The fourth-order valence-electron chi connectivity index (χ4n) is 2.26. The van der Waals surface area contributed by atoms with E-state index in [2.05, 4.69) is 20.5 Å². The third-order valence-corrected chi connectivity index (χ3v) is 3.16. The van der Waals surface area contributed by atoms with E-state index in [-0.39, 0.29) is 11.9 Å². The van der Waals surface area contributed by atoms with E-state index >= 15 is 0 Å². The summed E-state index contributed by atoms with van der Waals surface area (Å²) in [6.45, 7) is 0. The zero-order chi connectivity index (χ0) is 12.5. The first-order valence-corrected chi connectivity index (χ1v) is 5.59. The second-order valence-corrected chi connectivity index (χ2v) is 4.11. The summed E-state index contributed by atoms with van der Waals surface area (Å²) in [5, 5.41) is 10.9.